The van der Waals surface area contributed by atoms with Gasteiger partial charge in [0.1, 0.15) is 0 Å². The van der Waals surface area contributed by atoms with Gasteiger partial charge in [-0.3, -0.25) is 4.79 Å². The molecule has 0 radical (unpaired) electrons. The molecule has 2 rings (SSSR count). The third kappa shape index (κ3) is 3.58. The van der Waals surface area contributed by atoms with E-state index < -0.39 is 0 Å². The van der Waals surface area contributed by atoms with Gasteiger partial charge in [0.05, 0.1) is 0 Å². The quantitative estimate of drug-likeness (QED) is 0.914. The molecule has 1 aromatic rings. The van der Waals surface area contributed by atoms with E-state index in [0.29, 0.717) is 17.4 Å². The Labute approximate surface area is 128 Å². The summed E-state index contributed by atoms with van der Waals surface area (Å²) in [5, 5.41) is 3.68. The zero-order valence-electron chi connectivity index (χ0n) is 14.2. The van der Waals surface area contributed by atoms with Crippen LogP contribution >= 0.6 is 0 Å². The summed E-state index contributed by atoms with van der Waals surface area (Å²) in [6, 6.07) is 6.42. The van der Waals surface area contributed by atoms with Gasteiger partial charge in [-0.25, -0.2) is 0 Å². The zero-order valence-corrected chi connectivity index (χ0v) is 14.2. The number of benzene rings is 1. The average molecular weight is 288 g/mol. The summed E-state index contributed by atoms with van der Waals surface area (Å²) in [4.78, 5) is 13.7. The molecule has 2 atom stereocenters. The Hall–Kier alpha value is -1.51. The van der Waals surface area contributed by atoms with Crippen molar-refractivity contribution in [1.29, 1.82) is 0 Å². The summed E-state index contributed by atoms with van der Waals surface area (Å²) >= 11 is 0. The highest BCUT2D eigenvalue weighted by molar-refractivity contribution is 5.95. The summed E-state index contributed by atoms with van der Waals surface area (Å²) in [5.41, 5.74) is 3.44. The molecule has 0 spiro atoms. The molecule has 3 nitrogen and oxygen atoms in total. The maximum absolute atomic E-state index is 12.1. The molecular weight excluding hydrogens is 260 g/mol. The molecule has 1 aliphatic rings. The van der Waals surface area contributed by atoms with Gasteiger partial charge in [0, 0.05) is 31.4 Å². The molecule has 1 saturated carbocycles. The lowest BCUT2D eigenvalue weighted by Gasteiger charge is -2.22. The molecule has 3 heteroatoms. The normalized spacial score (nSPS) is 23.9. The lowest BCUT2D eigenvalue weighted by molar-refractivity contribution is 0.0827. The molecule has 2 unspecified atom stereocenters. The highest BCUT2D eigenvalue weighted by Gasteiger charge is 2.36. The number of nitrogens with zero attached hydrogens (tertiary/aromatic N) is 1. The smallest absolute Gasteiger partial charge is 0.253 e. The number of aryl methyl sites for hydroxylation is 1. The maximum Gasteiger partial charge on any atom is 0.253 e. The first-order valence-electron chi connectivity index (χ1n) is 7.78. The Kier molecular flexibility index (Phi) is 4.31. The van der Waals surface area contributed by atoms with E-state index in [1.54, 1.807) is 19.0 Å². The van der Waals surface area contributed by atoms with E-state index in [1.807, 2.05) is 18.2 Å². The van der Waals surface area contributed by atoms with Gasteiger partial charge >= 0.3 is 0 Å². The van der Waals surface area contributed by atoms with Crippen LogP contribution in [0, 0.1) is 18.3 Å². The van der Waals surface area contributed by atoms with Crippen LogP contribution < -0.4 is 5.32 Å². The van der Waals surface area contributed by atoms with Crippen molar-refractivity contribution in [2.24, 2.45) is 11.3 Å². The molecule has 1 amide bonds. The van der Waals surface area contributed by atoms with E-state index in [2.05, 4.69) is 33.0 Å². The zero-order chi connectivity index (χ0) is 15.8. The number of rotatable bonds is 3. The van der Waals surface area contributed by atoms with Gasteiger partial charge in [-0.15, -0.1) is 0 Å². The molecule has 0 bridgehead atoms. The second-order valence-corrected chi connectivity index (χ2v) is 7.53. The SMILES string of the molecule is Cc1ccc(C(=O)N(C)C)cc1NC1CC(C)(C)CC1C. The molecule has 1 aliphatic carbocycles. The van der Waals surface area contributed by atoms with Crippen molar-refractivity contribution >= 4 is 11.6 Å². The Morgan fingerprint density at radius 1 is 1.29 bits per heavy atom. The first-order chi connectivity index (χ1) is 9.69. The molecule has 21 heavy (non-hydrogen) atoms. The monoisotopic (exact) mass is 288 g/mol. The molecule has 1 fully saturated rings. The summed E-state index contributed by atoms with van der Waals surface area (Å²) in [7, 11) is 3.58. The van der Waals surface area contributed by atoms with E-state index in [0.717, 1.165) is 11.3 Å². The molecule has 1 N–H and O–H groups in total. The third-order valence-corrected chi connectivity index (χ3v) is 4.57. The standard InChI is InChI=1S/C18H28N2O/c1-12-7-8-14(17(21)20(5)6)9-15(12)19-16-11-18(3,4)10-13(16)2/h7-9,13,16,19H,10-11H2,1-6H3. The van der Waals surface area contributed by atoms with Crippen molar-refractivity contribution in [2.45, 2.75) is 46.6 Å². The van der Waals surface area contributed by atoms with Crippen LogP contribution in [0.5, 0.6) is 0 Å². The van der Waals surface area contributed by atoms with E-state index in [-0.39, 0.29) is 5.91 Å². The fourth-order valence-electron chi connectivity index (χ4n) is 3.46. The second kappa shape index (κ2) is 5.70. The van der Waals surface area contributed by atoms with Crippen LogP contribution in [-0.4, -0.2) is 30.9 Å². The lowest BCUT2D eigenvalue weighted by atomic mass is 9.91. The number of hydrogen-bond donors (Lipinski definition) is 1. The Bertz CT molecular complexity index is 534. The number of nitrogens with one attached hydrogen (secondary N) is 1. The molecule has 116 valence electrons. The fraction of sp³-hybridized carbons (Fsp3) is 0.611. The number of carbonyl (C=O) groups is 1. The van der Waals surface area contributed by atoms with Crippen molar-refractivity contribution in [3.63, 3.8) is 0 Å². The van der Waals surface area contributed by atoms with Crippen molar-refractivity contribution < 1.29 is 4.79 Å². The summed E-state index contributed by atoms with van der Waals surface area (Å²) in [6.07, 6.45) is 2.43. The summed E-state index contributed by atoms with van der Waals surface area (Å²) in [6.45, 7) is 9.08. The van der Waals surface area contributed by atoms with Crippen molar-refractivity contribution in [2.75, 3.05) is 19.4 Å². The van der Waals surface area contributed by atoms with Crippen LogP contribution in [0.2, 0.25) is 0 Å². The number of carbonyl (C=O) groups excluding carboxylic acids is 1. The Morgan fingerprint density at radius 2 is 1.95 bits per heavy atom. The number of anilines is 1. The maximum atomic E-state index is 12.1. The minimum Gasteiger partial charge on any atom is -0.382 e. The van der Waals surface area contributed by atoms with Crippen molar-refractivity contribution in [3.05, 3.63) is 29.3 Å². The number of amides is 1. The first-order valence-corrected chi connectivity index (χ1v) is 7.78. The van der Waals surface area contributed by atoms with Crippen LogP contribution in [0.15, 0.2) is 18.2 Å². The Balaban J connectivity index is 2.20. The topological polar surface area (TPSA) is 32.3 Å². The van der Waals surface area contributed by atoms with Crippen LogP contribution in [-0.2, 0) is 0 Å². The highest BCUT2D eigenvalue weighted by atomic mass is 16.2. The van der Waals surface area contributed by atoms with E-state index in [9.17, 15) is 4.79 Å². The predicted octanol–water partition coefficient (Wildman–Crippen LogP) is 3.93. The van der Waals surface area contributed by atoms with Crippen molar-refractivity contribution in [3.8, 4) is 0 Å². The predicted molar refractivity (Wildman–Crippen MR) is 88.8 cm³/mol. The third-order valence-electron chi connectivity index (χ3n) is 4.57. The van der Waals surface area contributed by atoms with Gasteiger partial charge in [-0.1, -0.05) is 26.8 Å². The van der Waals surface area contributed by atoms with Crippen molar-refractivity contribution in [1.82, 2.24) is 4.90 Å². The number of hydrogen-bond acceptors (Lipinski definition) is 2. The van der Waals surface area contributed by atoms with E-state index in [4.69, 9.17) is 0 Å². The fourth-order valence-corrected chi connectivity index (χ4v) is 3.46. The van der Waals surface area contributed by atoms with Gasteiger partial charge in [0.25, 0.3) is 5.91 Å². The van der Waals surface area contributed by atoms with Gasteiger partial charge < -0.3 is 10.2 Å². The first kappa shape index (κ1) is 15.9. The molecule has 0 heterocycles. The Morgan fingerprint density at radius 3 is 2.48 bits per heavy atom. The average Bonchev–Trinajstić information content (AvgIpc) is 2.64. The lowest BCUT2D eigenvalue weighted by Crippen LogP contribution is -2.24. The van der Waals surface area contributed by atoms with Crippen LogP contribution in [0.3, 0.4) is 0 Å². The van der Waals surface area contributed by atoms with Gasteiger partial charge in [0.15, 0.2) is 0 Å². The minimum atomic E-state index is 0.0536. The van der Waals surface area contributed by atoms with Crippen LogP contribution in [0.25, 0.3) is 0 Å². The van der Waals surface area contributed by atoms with E-state index in [1.165, 1.54) is 18.4 Å². The molecule has 0 aliphatic heterocycles. The summed E-state index contributed by atoms with van der Waals surface area (Å²) in [5.74, 6) is 0.713. The minimum absolute atomic E-state index is 0.0536. The van der Waals surface area contributed by atoms with Gasteiger partial charge in [-0.2, -0.15) is 0 Å². The molecular formula is C18H28N2O. The van der Waals surface area contributed by atoms with Crippen LogP contribution in [0.4, 0.5) is 5.69 Å². The summed E-state index contributed by atoms with van der Waals surface area (Å²) < 4.78 is 0. The van der Waals surface area contributed by atoms with E-state index >= 15 is 0 Å². The van der Waals surface area contributed by atoms with Crippen LogP contribution in [0.1, 0.15) is 49.5 Å². The molecule has 0 aromatic heterocycles. The largest absolute Gasteiger partial charge is 0.382 e. The highest BCUT2D eigenvalue weighted by Crippen LogP contribution is 2.42. The second-order valence-electron chi connectivity index (χ2n) is 7.53. The molecule has 0 saturated heterocycles. The van der Waals surface area contributed by atoms with Gasteiger partial charge in [-0.05, 0) is 48.8 Å². The van der Waals surface area contributed by atoms with Gasteiger partial charge in [0.2, 0.25) is 0 Å². The molecule has 1 aromatic carbocycles.